The molecule has 10 rings (SSSR count). The van der Waals surface area contributed by atoms with Crippen LogP contribution in [0.25, 0.3) is 33.1 Å². The van der Waals surface area contributed by atoms with E-state index in [1.54, 1.807) is 24.3 Å². The zero-order valence-corrected chi connectivity index (χ0v) is 37.0. The van der Waals surface area contributed by atoms with E-state index < -0.39 is 24.0 Å². The number of halogens is 4. The first-order chi connectivity index (χ1) is 30.7. The van der Waals surface area contributed by atoms with Crippen LogP contribution in [0.5, 0.6) is 0 Å². The number of benzene rings is 8. The minimum atomic E-state index is -0.980. The molecule has 8 aromatic rings. The highest BCUT2D eigenvalue weighted by Gasteiger charge is 2.48. The fourth-order valence-electron chi connectivity index (χ4n) is 8.44. The maximum atomic E-state index is 15.1. The largest absolute Gasteiger partial charge is 0.480 e. The number of ketones is 2. The highest BCUT2D eigenvalue weighted by atomic mass is 35.5. The Morgan fingerprint density at radius 2 is 0.730 bits per heavy atom. The number of hydrogen-bond donors (Lipinski definition) is 0. The van der Waals surface area contributed by atoms with Gasteiger partial charge < -0.3 is 9.47 Å². The predicted octanol–water partition coefficient (Wildman–Crippen LogP) is 15.5. The van der Waals surface area contributed by atoms with Gasteiger partial charge in [-0.2, -0.15) is 0 Å². The van der Waals surface area contributed by atoms with Gasteiger partial charge >= 0.3 is 0 Å². The molecule has 2 heterocycles. The summed E-state index contributed by atoms with van der Waals surface area (Å²) in [4.78, 5) is 31.6. The van der Waals surface area contributed by atoms with Crippen molar-refractivity contribution < 1.29 is 19.1 Å². The lowest BCUT2D eigenvalue weighted by Gasteiger charge is -2.23. The first-order valence-electron chi connectivity index (χ1n) is 20.3. The third-order valence-corrected chi connectivity index (χ3v) is 13.9. The van der Waals surface area contributed by atoms with Crippen LogP contribution < -0.4 is 0 Å². The van der Waals surface area contributed by atoms with Crippen LogP contribution in [0.1, 0.15) is 54.8 Å². The van der Waals surface area contributed by atoms with E-state index in [1.807, 2.05) is 158 Å². The first kappa shape index (κ1) is 41.2. The monoisotopic (exact) mass is 918 g/mol. The number of carbonyl (C=O) groups is 2. The molecule has 9 heteroatoms. The minimum absolute atomic E-state index is 0.184. The molecule has 308 valence electrons. The van der Waals surface area contributed by atoms with Gasteiger partial charge in [-0.15, -0.1) is 0 Å². The third-order valence-electron chi connectivity index (χ3n) is 11.6. The number of rotatable bonds is 10. The molecule has 0 bridgehead atoms. The van der Waals surface area contributed by atoms with E-state index in [2.05, 4.69) is 0 Å². The number of fused-ring (bicyclic) bond motifs is 2. The van der Waals surface area contributed by atoms with E-state index >= 15 is 9.59 Å². The highest BCUT2D eigenvalue weighted by molar-refractivity contribution is 8.07. The van der Waals surface area contributed by atoms with E-state index in [0.717, 1.165) is 53.6 Å². The van der Waals surface area contributed by atoms with Gasteiger partial charge in [0.1, 0.15) is 11.5 Å². The summed E-state index contributed by atoms with van der Waals surface area (Å²) in [6.45, 7) is 0. The van der Waals surface area contributed by atoms with E-state index in [9.17, 15) is 0 Å². The van der Waals surface area contributed by atoms with Crippen LogP contribution in [0.15, 0.2) is 192 Å². The molecule has 0 N–H and O–H groups in total. The second kappa shape index (κ2) is 17.4. The molecule has 0 saturated carbocycles. The molecule has 0 amide bonds. The summed E-state index contributed by atoms with van der Waals surface area (Å²) < 4.78 is 14.0. The first-order valence-corrected chi connectivity index (χ1v) is 22.6. The second-order valence-electron chi connectivity index (χ2n) is 15.5. The van der Waals surface area contributed by atoms with Crippen molar-refractivity contribution in [2.75, 3.05) is 0 Å². The summed E-state index contributed by atoms with van der Waals surface area (Å²) in [6, 6.07) is 57.2. The number of hydrogen-bond acceptors (Lipinski definition) is 5. The van der Waals surface area contributed by atoms with Crippen molar-refractivity contribution in [2.45, 2.75) is 24.0 Å². The molecular formula is C54H34Cl4O4S. The van der Waals surface area contributed by atoms with Gasteiger partial charge in [0.25, 0.3) is 0 Å². The molecule has 0 saturated heterocycles. The Balaban J connectivity index is 1.17. The van der Waals surface area contributed by atoms with Crippen LogP contribution in [0.4, 0.5) is 0 Å². The van der Waals surface area contributed by atoms with Gasteiger partial charge in [0.2, 0.25) is 11.6 Å². The molecule has 63 heavy (non-hydrogen) atoms. The average molecular weight is 921 g/mol. The number of ether oxygens (including phenoxy) is 2. The molecule has 8 aromatic carbocycles. The predicted molar refractivity (Wildman–Crippen MR) is 259 cm³/mol. The molecule has 0 fully saturated rings. The zero-order chi connectivity index (χ0) is 43.2. The van der Waals surface area contributed by atoms with Gasteiger partial charge in [-0.1, -0.05) is 155 Å². The third kappa shape index (κ3) is 8.17. The Hall–Kier alpha value is -5.79. The molecule has 0 aliphatic carbocycles. The van der Waals surface area contributed by atoms with Gasteiger partial charge in [0.05, 0.1) is 11.8 Å². The summed E-state index contributed by atoms with van der Waals surface area (Å²) in [7, 11) is 0. The topological polar surface area (TPSA) is 52.6 Å². The Morgan fingerprint density at radius 1 is 0.397 bits per heavy atom. The number of carbonyl (C=O) groups excluding carboxylic acids is 2. The second-order valence-corrected chi connectivity index (χ2v) is 18.3. The highest BCUT2D eigenvalue weighted by Crippen LogP contribution is 2.58. The van der Waals surface area contributed by atoms with E-state index in [-0.39, 0.29) is 11.6 Å². The lowest BCUT2D eigenvalue weighted by atomic mass is 9.88. The summed E-state index contributed by atoms with van der Waals surface area (Å²) >= 11 is 27.4. The van der Waals surface area contributed by atoms with Crippen molar-refractivity contribution in [2.24, 2.45) is 0 Å². The Kier molecular flexibility index (Phi) is 11.4. The lowest BCUT2D eigenvalue weighted by Crippen LogP contribution is -2.28. The minimum Gasteiger partial charge on any atom is -0.480 e. The van der Waals surface area contributed by atoms with Crippen molar-refractivity contribution in [1.29, 1.82) is 0 Å². The van der Waals surface area contributed by atoms with Crippen LogP contribution >= 0.6 is 58.2 Å². The Morgan fingerprint density at radius 3 is 1.10 bits per heavy atom. The molecule has 2 aliphatic rings. The maximum absolute atomic E-state index is 15.1. The maximum Gasteiger partial charge on any atom is 0.204 e. The normalized spacial score (nSPS) is 18.5. The molecule has 0 unspecified atom stereocenters. The number of thioether (sulfide) groups is 1. The fraction of sp³-hybridized carbons (Fsp3) is 0.0741. The Labute approximate surface area is 388 Å². The van der Waals surface area contributed by atoms with Gasteiger partial charge in [0.15, 0.2) is 12.2 Å². The van der Waals surface area contributed by atoms with Crippen molar-refractivity contribution >= 4 is 103 Å². The van der Waals surface area contributed by atoms with Crippen LogP contribution in [0, 0.1) is 0 Å². The molecule has 0 radical (unpaired) electrons. The van der Waals surface area contributed by atoms with Gasteiger partial charge in [0, 0.05) is 52.2 Å². The summed E-state index contributed by atoms with van der Waals surface area (Å²) in [5.74, 6) is -0.573. The van der Waals surface area contributed by atoms with E-state index in [4.69, 9.17) is 55.9 Å². The molecular weight excluding hydrogens is 886 g/mol. The van der Waals surface area contributed by atoms with Crippen molar-refractivity contribution in [3.8, 4) is 0 Å². The molecule has 4 atom stereocenters. The standard InChI is InChI=1S/C54H34Cl4O4S/c55-41-21-13-33(14-22-41)45-51(47(59)39-11-9-31-5-1-3-7-37(31)29-39)61-49(35-17-25-43(57)26-18-35)53(45)63-54-46(34-15-23-42(56)24-16-34)52(62-50(54)36-19-27-44(58)28-20-36)48(60)40-12-10-32-6-2-4-8-38(32)30-40/h1-30,45-46,51-52H/t45-,46-,51+,52+/m1/s1. The quantitative estimate of drug-likeness (QED) is 0.128. The van der Waals surface area contributed by atoms with Crippen LogP contribution in [0.2, 0.25) is 20.1 Å². The molecule has 2 aliphatic heterocycles. The van der Waals surface area contributed by atoms with Crippen molar-refractivity contribution in [1.82, 2.24) is 0 Å². The van der Waals surface area contributed by atoms with Gasteiger partial charge in [-0.05, 0) is 118 Å². The van der Waals surface area contributed by atoms with E-state index in [0.29, 0.717) is 42.7 Å². The summed E-state index contributed by atoms with van der Waals surface area (Å²) in [5, 5.41) is 6.16. The molecule has 4 nitrogen and oxygen atoms in total. The van der Waals surface area contributed by atoms with Crippen molar-refractivity contribution in [3.63, 3.8) is 0 Å². The van der Waals surface area contributed by atoms with Crippen molar-refractivity contribution in [3.05, 3.63) is 245 Å². The Bertz CT molecular complexity index is 2910. The summed E-state index contributed by atoms with van der Waals surface area (Å²) in [5.41, 5.74) is 4.14. The average Bonchev–Trinajstić information content (AvgIpc) is 3.88. The fourth-order valence-corrected chi connectivity index (χ4v) is 10.5. The van der Waals surface area contributed by atoms with Crippen LogP contribution in [-0.4, -0.2) is 23.8 Å². The molecule has 0 aromatic heterocycles. The summed E-state index contributed by atoms with van der Waals surface area (Å²) in [6.07, 6.45) is -1.96. The number of Topliss-reactive ketones (excluding diaryl/α,β-unsaturated/α-hetero) is 2. The van der Waals surface area contributed by atoms with Crippen LogP contribution in [0.3, 0.4) is 0 Å². The zero-order valence-electron chi connectivity index (χ0n) is 33.2. The van der Waals surface area contributed by atoms with E-state index in [1.165, 1.54) is 11.8 Å². The molecule has 0 spiro atoms. The van der Waals surface area contributed by atoms with Gasteiger partial charge in [-0.3, -0.25) is 9.59 Å². The smallest absolute Gasteiger partial charge is 0.204 e. The van der Waals surface area contributed by atoms with Gasteiger partial charge in [-0.25, -0.2) is 0 Å². The van der Waals surface area contributed by atoms with Crippen LogP contribution in [-0.2, 0) is 9.47 Å². The lowest BCUT2D eigenvalue weighted by molar-refractivity contribution is 0.0751. The SMILES string of the molecule is O=C(c1ccc2ccccc2c1)[C@H]1OC(c2ccc(Cl)cc2)=C(SC2=C(c3ccc(Cl)cc3)O[C@H](C(=O)c3ccc4ccccc4c3)[C@H]2c2ccc(Cl)cc2)[C@@H]1c1ccc(Cl)cc1.